The van der Waals surface area contributed by atoms with Crippen LogP contribution in [0, 0.1) is 6.92 Å². The number of ether oxygens (including phenoxy) is 2. The van der Waals surface area contributed by atoms with Crippen molar-refractivity contribution in [2.24, 2.45) is 0 Å². The molecule has 0 spiro atoms. The number of carbonyl (C=O) groups excluding carboxylic acids is 1. The minimum absolute atomic E-state index is 0.0296. The van der Waals surface area contributed by atoms with Crippen LogP contribution >= 0.6 is 0 Å². The van der Waals surface area contributed by atoms with Crippen LogP contribution in [0.4, 0.5) is 0 Å². The lowest BCUT2D eigenvalue weighted by Gasteiger charge is -2.22. The number of methoxy groups -OCH3 is 1. The van der Waals surface area contributed by atoms with Crippen LogP contribution in [0.3, 0.4) is 0 Å². The largest absolute Gasteiger partial charge is 0.508 e. The van der Waals surface area contributed by atoms with Gasteiger partial charge in [-0.3, -0.25) is 9.59 Å². The summed E-state index contributed by atoms with van der Waals surface area (Å²) in [5.41, 5.74) is 4.60. The third kappa shape index (κ3) is 6.94. The zero-order valence-electron chi connectivity index (χ0n) is 24.1. The van der Waals surface area contributed by atoms with E-state index in [1.165, 1.54) is 0 Å². The highest BCUT2D eigenvalue weighted by Gasteiger charge is 2.22. The lowest BCUT2D eigenvalue weighted by atomic mass is 9.89. The maximum atomic E-state index is 13.1. The van der Waals surface area contributed by atoms with Gasteiger partial charge in [-0.05, 0) is 70.3 Å². The van der Waals surface area contributed by atoms with Gasteiger partial charge in [0.15, 0.2) is 6.79 Å². The number of aromatic hydroxyl groups is 1. The van der Waals surface area contributed by atoms with Crippen LogP contribution in [0.15, 0.2) is 91.0 Å². The Labute approximate surface area is 249 Å². The fourth-order valence-corrected chi connectivity index (χ4v) is 5.40. The van der Waals surface area contributed by atoms with Crippen LogP contribution < -0.4 is 15.4 Å². The van der Waals surface area contributed by atoms with Crippen LogP contribution in [-0.4, -0.2) is 48.6 Å². The number of hydrogen-bond donors (Lipinski definition) is 4. The fourth-order valence-electron chi connectivity index (χ4n) is 5.40. The molecule has 1 amide bonds. The number of phenols is 1. The molecule has 0 bridgehead atoms. The minimum atomic E-state index is -1.13. The SMILES string of the molecule is COCOc1c(CNC(Cc2ccc(O)cc2)C(=O)NCC(=O)O)cc(C)cc1-c1c2ccccc2cc2ccccc12. The quantitative estimate of drug-likeness (QED) is 0.113. The first-order valence-electron chi connectivity index (χ1n) is 14.0. The number of carbonyl (C=O) groups is 2. The number of carboxylic acids is 1. The van der Waals surface area contributed by atoms with Gasteiger partial charge >= 0.3 is 5.97 Å². The van der Waals surface area contributed by atoms with Gasteiger partial charge in [-0.25, -0.2) is 0 Å². The molecule has 0 aromatic heterocycles. The van der Waals surface area contributed by atoms with E-state index in [-0.39, 0.29) is 25.5 Å². The van der Waals surface area contributed by atoms with Crippen molar-refractivity contribution in [1.82, 2.24) is 10.6 Å². The number of nitrogens with one attached hydrogen (secondary N) is 2. The van der Waals surface area contributed by atoms with Crippen molar-refractivity contribution in [3.63, 3.8) is 0 Å². The van der Waals surface area contributed by atoms with Crippen LogP contribution in [-0.2, 0) is 27.3 Å². The van der Waals surface area contributed by atoms with Gasteiger partial charge in [0.05, 0.1) is 6.04 Å². The molecule has 0 aliphatic carbocycles. The van der Waals surface area contributed by atoms with Gasteiger partial charge in [0.25, 0.3) is 0 Å². The van der Waals surface area contributed by atoms with E-state index in [2.05, 4.69) is 47.0 Å². The summed E-state index contributed by atoms with van der Waals surface area (Å²) in [7, 11) is 1.57. The molecule has 0 heterocycles. The maximum absolute atomic E-state index is 13.1. The second kappa shape index (κ2) is 13.4. The van der Waals surface area contributed by atoms with Gasteiger partial charge < -0.3 is 30.3 Å². The molecular weight excluding hydrogens is 544 g/mol. The molecule has 1 atom stereocenters. The number of hydrogen-bond acceptors (Lipinski definition) is 6. The van der Waals surface area contributed by atoms with Crippen molar-refractivity contribution in [3.8, 4) is 22.6 Å². The monoisotopic (exact) mass is 578 g/mol. The van der Waals surface area contributed by atoms with Gasteiger partial charge in [0, 0.05) is 30.3 Å². The first-order chi connectivity index (χ1) is 20.8. The van der Waals surface area contributed by atoms with Crippen molar-refractivity contribution in [3.05, 3.63) is 108 Å². The van der Waals surface area contributed by atoms with Crippen molar-refractivity contribution < 1.29 is 29.3 Å². The first-order valence-corrected chi connectivity index (χ1v) is 14.0. The van der Waals surface area contributed by atoms with Crippen molar-refractivity contribution in [1.29, 1.82) is 0 Å². The van der Waals surface area contributed by atoms with E-state index >= 15 is 0 Å². The molecule has 8 heteroatoms. The van der Waals surface area contributed by atoms with Crippen molar-refractivity contribution in [2.75, 3.05) is 20.4 Å². The molecule has 1 unspecified atom stereocenters. The molecule has 0 saturated heterocycles. The molecule has 0 radical (unpaired) electrons. The second-order valence-electron chi connectivity index (χ2n) is 10.5. The van der Waals surface area contributed by atoms with Crippen LogP contribution in [0.25, 0.3) is 32.7 Å². The summed E-state index contributed by atoms with van der Waals surface area (Å²) in [5.74, 6) is -0.812. The molecule has 220 valence electrons. The average molecular weight is 579 g/mol. The number of amides is 1. The van der Waals surface area contributed by atoms with E-state index in [4.69, 9.17) is 14.6 Å². The topological polar surface area (TPSA) is 117 Å². The van der Waals surface area contributed by atoms with E-state index in [0.717, 1.165) is 49.4 Å². The second-order valence-corrected chi connectivity index (χ2v) is 10.5. The van der Waals surface area contributed by atoms with Crippen molar-refractivity contribution >= 4 is 33.4 Å². The molecule has 0 saturated carbocycles. The summed E-state index contributed by atoms with van der Waals surface area (Å²) in [6.45, 7) is 1.83. The van der Waals surface area contributed by atoms with Crippen molar-refractivity contribution in [2.45, 2.75) is 25.9 Å². The smallest absolute Gasteiger partial charge is 0.322 e. The van der Waals surface area contributed by atoms with E-state index in [9.17, 15) is 14.7 Å². The number of benzene rings is 5. The summed E-state index contributed by atoms with van der Waals surface area (Å²) < 4.78 is 11.6. The average Bonchev–Trinajstić information content (AvgIpc) is 3.00. The minimum Gasteiger partial charge on any atom is -0.508 e. The summed E-state index contributed by atoms with van der Waals surface area (Å²) >= 11 is 0. The van der Waals surface area contributed by atoms with E-state index in [1.807, 2.05) is 37.3 Å². The molecule has 5 aromatic carbocycles. The van der Waals surface area contributed by atoms with E-state index < -0.39 is 24.5 Å². The molecule has 4 N–H and O–H groups in total. The third-order valence-corrected chi connectivity index (χ3v) is 7.32. The standard InChI is InChI=1S/C35H34N2O6/c1-22-15-26(19-36-31(35(41)37-20-32(39)40)17-23-11-13-27(38)14-12-23)34(43-21-42-2)30(16-22)33-28-9-5-3-7-24(28)18-25-8-4-6-10-29(25)33/h3-16,18,31,36,38H,17,19-21H2,1-2H3,(H,37,41)(H,39,40). The van der Waals surface area contributed by atoms with Gasteiger partial charge in [-0.2, -0.15) is 0 Å². The third-order valence-electron chi connectivity index (χ3n) is 7.32. The zero-order chi connectivity index (χ0) is 30.3. The number of rotatable bonds is 12. The lowest BCUT2D eigenvalue weighted by Crippen LogP contribution is -2.46. The van der Waals surface area contributed by atoms with Gasteiger partial charge in [-0.15, -0.1) is 0 Å². The van der Waals surface area contributed by atoms with Gasteiger partial charge in [-0.1, -0.05) is 66.7 Å². The van der Waals surface area contributed by atoms with Gasteiger partial charge in [0.2, 0.25) is 5.91 Å². The van der Waals surface area contributed by atoms with Crippen LogP contribution in [0.5, 0.6) is 11.5 Å². The summed E-state index contributed by atoms with van der Waals surface area (Å²) in [4.78, 5) is 24.3. The first kappa shape index (κ1) is 29.6. The normalized spacial score (nSPS) is 11.9. The number of aliphatic carboxylic acids is 1. The highest BCUT2D eigenvalue weighted by Crippen LogP contribution is 2.42. The highest BCUT2D eigenvalue weighted by atomic mass is 16.7. The van der Waals surface area contributed by atoms with Gasteiger partial charge in [0.1, 0.15) is 18.0 Å². The lowest BCUT2D eigenvalue weighted by molar-refractivity contribution is -0.138. The van der Waals surface area contributed by atoms with E-state index in [1.54, 1.807) is 31.4 Å². The Bertz CT molecular complexity index is 1710. The Hall–Kier alpha value is -4.92. The summed E-state index contributed by atoms with van der Waals surface area (Å²) in [6, 6.07) is 28.7. The predicted octanol–water partition coefficient (Wildman–Crippen LogP) is 5.56. The number of fused-ring (bicyclic) bond motifs is 2. The molecule has 0 fully saturated rings. The van der Waals surface area contributed by atoms with E-state index in [0.29, 0.717) is 5.75 Å². The molecule has 5 aromatic rings. The molecule has 8 nitrogen and oxygen atoms in total. The molecule has 0 aliphatic heterocycles. The molecule has 43 heavy (non-hydrogen) atoms. The summed E-state index contributed by atoms with van der Waals surface area (Å²) in [5, 5.41) is 29.0. The highest BCUT2D eigenvalue weighted by molar-refractivity contribution is 6.13. The zero-order valence-corrected chi connectivity index (χ0v) is 24.1. The molecule has 0 aliphatic rings. The Morgan fingerprint density at radius 2 is 1.53 bits per heavy atom. The van der Waals surface area contributed by atoms with Crippen LogP contribution in [0.2, 0.25) is 0 Å². The Balaban J connectivity index is 1.58. The fraction of sp³-hybridized carbons (Fsp3) is 0.200. The summed E-state index contributed by atoms with van der Waals surface area (Å²) in [6.07, 6.45) is 0.284. The molecule has 5 rings (SSSR count). The Morgan fingerprint density at radius 3 is 2.16 bits per heavy atom. The molecular formula is C35H34N2O6. The van der Waals surface area contributed by atoms with Crippen LogP contribution in [0.1, 0.15) is 16.7 Å². The number of phenolic OH excluding ortho intramolecular Hbond substituents is 1. The number of aryl methyl sites for hydroxylation is 1. The predicted molar refractivity (Wildman–Crippen MR) is 167 cm³/mol. The number of carboxylic acid groups (broad SMARTS) is 1. The maximum Gasteiger partial charge on any atom is 0.322 e. The Kier molecular flexibility index (Phi) is 9.20. The Morgan fingerprint density at radius 1 is 0.884 bits per heavy atom.